The van der Waals surface area contributed by atoms with Crippen molar-refractivity contribution in [1.82, 2.24) is 0 Å². The quantitative estimate of drug-likeness (QED) is 0.303. The summed E-state index contributed by atoms with van der Waals surface area (Å²) in [4.78, 5) is 16.2. The molecule has 3 aromatic rings. The highest BCUT2D eigenvalue weighted by Gasteiger charge is 2.11. The number of rotatable bonds is 4. The second-order valence-corrected chi connectivity index (χ2v) is 5.66. The number of guanidine groups is 1. The lowest BCUT2D eigenvalue weighted by Gasteiger charge is -2.08. The summed E-state index contributed by atoms with van der Waals surface area (Å²) >= 11 is 0. The van der Waals surface area contributed by atoms with Gasteiger partial charge in [-0.1, -0.05) is 30.3 Å². The van der Waals surface area contributed by atoms with Gasteiger partial charge in [-0.05, 0) is 53.6 Å². The molecule has 0 atom stereocenters. The van der Waals surface area contributed by atoms with E-state index in [0.717, 1.165) is 11.1 Å². The van der Waals surface area contributed by atoms with E-state index in [4.69, 9.17) is 16.2 Å². The number of nitriles is 1. The van der Waals surface area contributed by atoms with Crippen LogP contribution in [0.2, 0.25) is 0 Å². The maximum atomic E-state index is 12.3. The summed E-state index contributed by atoms with van der Waals surface area (Å²) < 4.78 is 5.38. The largest absolute Gasteiger partial charge is 0.423 e. The highest BCUT2D eigenvalue weighted by Crippen LogP contribution is 2.27. The lowest BCUT2D eigenvalue weighted by atomic mass is 10.0. The van der Waals surface area contributed by atoms with Gasteiger partial charge < -0.3 is 16.2 Å². The van der Waals surface area contributed by atoms with Crippen molar-refractivity contribution in [3.8, 4) is 22.9 Å². The summed E-state index contributed by atoms with van der Waals surface area (Å²) in [5.41, 5.74) is 13.6. The molecule has 0 aliphatic carbocycles. The van der Waals surface area contributed by atoms with Gasteiger partial charge in [-0.3, -0.25) is 0 Å². The van der Waals surface area contributed by atoms with Crippen molar-refractivity contribution in [1.29, 1.82) is 5.26 Å². The summed E-state index contributed by atoms with van der Waals surface area (Å²) in [5, 5.41) is 9.43. The second-order valence-electron chi connectivity index (χ2n) is 5.66. The van der Waals surface area contributed by atoms with E-state index >= 15 is 0 Å². The molecule has 0 radical (unpaired) electrons. The Balaban J connectivity index is 0.00000280. The highest BCUT2D eigenvalue weighted by molar-refractivity contribution is 5.91. The fourth-order valence-electron chi connectivity index (χ4n) is 2.54. The zero-order valence-corrected chi connectivity index (χ0v) is 15.5. The highest BCUT2D eigenvalue weighted by atomic mass is 35.5. The molecule has 28 heavy (non-hydrogen) atoms. The number of aliphatic imine (C=N–C) groups is 1. The zero-order chi connectivity index (χ0) is 19.2. The fourth-order valence-corrected chi connectivity index (χ4v) is 2.54. The maximum Gasteiger partial charge on any atom is 0.343 e. The summed E-state index contributed by atoms with van der Waals surface area (Å²) in [6.45, 7) is 0. The number of nitrogens with two attached hydrogens (primary N) is 2. The Hall–Kier alpha value is -3.82. The molecule has 7 heteroatoms. The Bertz CT molecular complexity index is 1040. The summed E-state index contributed by atoms with van der Waals surface area (Å²) in [6.07, 6.45) is 0. The van der Waals surface area contributed by atoms with Gasteiger partial charge in [-0.2, -0.15) is 5.26 Å². The molecule has 0 saturated carbocycles. The molecule has 4 N–H and O–H groups in total. The molecule has 0 heterocycles. The molecule has 3 aromatic carbocycles. The number of carbonyl (C=O) groups excluding carboxylic acids is 1. The number of halogens is 1. The van der Waals surface area contributed by atoms with E-state index in [-0.39, 0.29) is 18.4 Å². The van der Waals surface area contributed by atoms with E-state index in [0.29, 0.717) is 22.6 Å². The van der Waals surface area contributed by atoms with Gasteiger partial charge in [-0.15, -0.1) is 12.4 Å². The summed E-state index contributed by atoms with van der Waals surface area (Å²) in [5.74, 6) is -0.306. The van der Waals surface area contributed by atoms with Gasteiger partial charge >= 0.3 is 5.97 Å². The van der Waals surface area contributed by atoms with E-state index in [2.05, 4.69) is 11.1 Å². The third-order valence-electron chi connectivity index (χ3n) is 3.77. The van der Waals surface area contributed by atoms with Crippen LogP contribution in [0.25, 0.3) is 11.1 Å². The number of hydrogen-bond donors (Lipinski definition) is 2. The second kappa shape index (κ2) is 9.21. The van der Waals surface area contributed by atoms with Crippen molar-refractivity contribution in [2.75, 3.05) is 0 Å². The molecule has 0 aliphatic heterocycles. The van der Waals surface area contributed by atoms with Crippen molar-refractivity contribution in [2.24, 2.45) is 16.5 Å². The molecule has 0 spiro atoms. The minimum absolute atomic E-state index is 0. The Morgan fingerprint density at radius 1 is 0.964 bits per heavy atom. The molecular weight excluding hydrogens is 376 g/mol. The van der Waals surface area contributed by atoms with Gasteiger partial charge in [0.25, 0.3) is 0 Å². The van der Waals surface area contributed by atoms with Crippen LogP contribution >= 0.6 is 12.4 Å². The van der Waals surface area contributed by atoms with Gasteiger partial charge in [0, 0.05) is 0 Å². The standard InChI is InChI=1S/C21H16N4O2.ClH/c22-13-16-12-18(10-11-19(16)14-4-2-1-3-5-14)27-20(26)15-6-8-17(9-7-15)25-21(23)24;/h1-12H,(H4,23,24,25);1H. The van der Waals surface area contributed by atoms with Gasteiger partial charge in [0.1, 0.15) is 5.75 Å². The molecule has 0 amide bonds. The molecule has 6 nitrogen and oxygen atoms in total. The number of ether oxygens (including phenoxy) is 1. The van der Waals surface area contributed by atoms with Crippen LogP contribution in [0.15, 0.2) is 77.8 Å². The number of carbonyl (C=O) groups is 1. The van der Waals surface area contributed by atoms with Crippen molar-refractivity contribution < 1.29 is 9.53 Å². The van der Waals surface area contributed by atoms with Gasteiger partial charge in [0.15, 0.2) is 5.96 Å². The minimum atomic E-state index is -0.539. The lowest BCUT2D eigenvalue weighted by molar-refractivity contribution is 0.0735. The van der Waals surface area contributed by atoms with Crippen LogP contribution < -0.4 is 16.2 Å². The molecule has 0 aromatic heterocycles. The zero-order valence-electron chi connectivity index (χ0n) is 14.7. The molecule has 140 valence electrons. The van der Waals surface area contributed by atoms with E-state index in [1.54, 1.807) is 42.5 Å². The van der Waals surface area contributed by atoms with Crippen molar-refractivity contribution in [2.45, 2.75) is 0 Å². The van der Waals surface area contributed by atoms with Crippen molar-refractivity contribution in [3.05, 3.63) is 83.9 Å². The Morgan fingerprint density at radius 2 is 1.64 bits per heavy atom. The topological polar surface area (TPSA) is 114 Å². The van der Waals surface area contributed by atoms with Crippen molar-refractivity contribution >= 4 is 30.0 Å². The van der Waals surface area contributed by atoms with Crippen molar-refractivity contribution in [3.63, 3.8) is 0 Å². The SMILES string of the molecule is Cl.N#Cc1cc(OC(=O)c2ccc(N=C(N)N)cc2)ccc1-c1ccccc1. The van der Waals surface area contributed by atoms with Gasteiger partial charge in [-0.25, -0.2) is 9.79 Å². The van der Waals surface area contributed by atoms with E-state index in [1.165, 1.54) is 0 Å². The number of benzene rings is 3. The first-order valence-corrected chi connectivity index (χ1v) is 8.08. The molecule has 3 rings (SSSR count). The Morgan fingerprint density at radius 3 is 2.25 bits per heavy atom. The first-order valence-electron chi connectivity index (χ1n) is 8.08. The van der Waals surface area contributed by atoms with E-state index in [1.807, 2.05) is 30.3 Å². The monoisotopic (exact) mass is 392 g/mol. The predicted octanol–water partition coefficient (Wildman–Crippen LogP) is 3.77. The van der Waals surface area contributed by atoms with E-state index < -0.39 is 5.97 Å². The number of nitrogens with zero attached hydrogens (tertiary/aromatic N) is 2. The maximum absolute atomic E-state index is 12.3. The lowest BCUT2D eigenvalue weighted by Crippen LogP contribution is -2.21. The van der Waals surface area contributed by atoms with Crippen LogP contribution in [0.3, 0.4) is 0 Å². The molecule has 0 aliphatic rings. The predicted molar refractivity (Wildman–Crippen MR) is 111 cm³/mol. The Labute approximate surface area is 168 Å². The molecule has 0 fully saturated rings. The number of esters is 1. The normalized spacial score (nSPS) is 9.54. The minimum Gasteiger partial charge on any atom is -0.423 e. The van der Waals surface area contributed by atoms with Crippen LogP contribution in [0.4, 0.5) is 5.69 Å². The van der Waals surface area contributed by atoms with Gasteiger partial charge in [0.05, 0.1) is 22.9 Å². The first kappa shape index (κ1) is 20.5. The smallest absolute Gasteiger partial charge is 0.343 e. The van der Waals surface area contributed by atoms with E-state index in [9.17, 15) is 10.1 Å². The first-order chi connectivity index (χ1) is 13.1. The van der Waals surface area contributed by atoms with Crippen LogP contribution in [0, 0.1) is 11.3 Å². The van der Waals surface area contributed by atoms with Crippen LogP contribution in [-0.2, 0) is 0 Å². The molecule has 0 saturated heterocycles. The van der Waals surface area contributed by atoms with Crippen LogP contribution in [-0.4, -0.2) is 11.9 Å². The van der Waals surface area contributed by atoms with Crippen LogP contribution in [0.1, 0.15) is 15.9 Å². The Kier molecular flexibility index (Phi) is 6.74. The molecule has 0 bridgehead atoms. The van der Waals surface area contributed by atoms with Crippen LogP contribution in [0.5, 0.6) is 5.75 Å². The molecule has 0 unspecified atom stereocenters. The fraction of sp³-hybridized carbons (Fsp3) is 0. The molecular formula is C21H17ClN4O2. The third kappa shape index (κ3) is 4.87. The summed E-state index contributed by atoms with van der Waals surface area (Å²) in [6, 6.07) is 23.0. The average molecular weight is 393 g/mol. The van der Waals surface area contributed by atoms with Gasteiger partial charge in [0.2, 0.25) is 0 Å². The average Bonchev–Trinajstić information content (AvgIpc) is 2.68. The number of hydrogen-bond acceptors (Lipinski definition) is 4. The third-order valence-corrected chi connectivity index (χ3v) is 3.77. The summed E-state index contributed by atoms with van der Waals surface area (Å²) in [7, 11) is 0.